The number of hydrogen-bond acceptors (Lipinski definition) is 5. The minimum atomic E-state index is -0.837. The average Bonchev–Trinajstić information content (AvgIpc) is 3.17. The van der Waals surface area contributed by atoms with Crippen LogP contribution in [0.4, 0.5) is 8.78 Å². The summed E-state index contributed by atoms with van der Waals surface area (Å²) in [6, 6.07) is 2.91. The Hall–Kier alpha value is -2.87. The van der Waals surface area contributed by atoms with Crippen LogP contribution in [0.3, 0.4) is 0 Å². The van der Waals surface area contributed by atoms with E-state index in [9.17, 15) is 13.9 Å². The van der Waals surface area contributed by atoms with Gasteiger partial charge in [0.1, 0.15) is 5.82 Å². The van der Waals surface area contributed by atoms with Crippen LogP contribution in [0.15, 0.2) is 36.5 Å². The quantitative estimate of drug-likeness (QED) is 0.711. The number of aromatic amines is 1. The first-order valence-electron chi connectivity index (χ1n) is 7.78. The van der Waals surface area contributed by atoms with Crippen LogP contribution < -0.4 is 4.74 Å². The summed E-state index contributed by atoms with van der Waals surface area (Å²) in [5, 5.41) is 17.6. The van der Waals surface area contributed by atoms with E-state index < -0.39 is 17.7 Å². The van der Waals surface area contributed by atoms with E-state index in [2.05, 4.69) is 20.2 Å². The topological polar surface area (TPSA) is 83.9 Å². The van der Waals surface area contributed by atoms with Crippen molar-refractivity contribution in [3.05, 3.63) is 53.9 Å². The smallest absolute Gasteiger partial charge is 0.324 e. The van der Waals surface area contributed by atoms with Crippen molar-refractivity contribution in [1.82, 2.24) is 20.2 Å². The van der Waals surface area contributed by atoms with Gasteiger partial charge in [-0.25, -0.2) is 13.8 Å². The van der Waals surface area contributed by atoms with Gasteiger partial charge >= 0.3 is 6.01 Å². The zero-order valence-electron chi connectivity index (χ0n) is 13.0. The van der Waals surface area contributed by atoms with Gasteiger partial charge in [-0.3, -0.25) is 5.10 Å². The summed E-state index contributed by atoms with van der Waals surface area (Å²) in [6.45, 7) is 0. The molecule has 25 heavy (non-hydrogen) atoms. The molecule has 2 aromatic heterocycles. The molecule has 0 fully saturated rings. The molecule has 3 aromatic rings. The fourth-order valence-electron chi connectivity index (χ4n) is 2.83. The Morgan fingerprint density at radius 1 is 1.32 bits per heavy atom. The molecule has 0 unspecified atom stereocenters. The lowest BCUT2D eigenvalue weighted by molar-refractivity contribution is 0.143. The number of halogens is 2. The number of H-pyrrole nitrogens is 1. The van der Waals surface area contributed by atoms with E-state index >= 15 is 0 Å². The summed E-state index contributed by atoms with van der Waals surface area (Å²) in [7, 11) is 0. The summed E-state index contributed by atoms with van der Waals surface area (Å²) in [5.41, 5.74) is 1.18. The van der Waals surface area contributed by atoms with E-state index in [1.807, 2.05) is 12.2 Å². The van der Waals surface area contributed by atoms with E-state index in [4.69, 9.17) is 4.74 Å². The second kappa shape index (κ2) is 6.21. The second-order valence-corrected chi connectivity index (χ2v) is 5.86. The number of nitrogens with one attached hydrogen (secondary N) is 1. The van der Waals surface area contributed by atoms with Crippen LogP contribution in [0.5, 0.6) is 11.8 Å². The van der Waals surface area contributed by atoms with Crippen LogP contribution in [0.2, 0.25) is 0 Å². The molecule has 0 aliphatic heterocycles. The van der Waals surface area contributed by atoms with Gasteiger partial charge in [0.15, 0.2) is 17.2 Å². The first kappa shape index (κ1) is 15.6. The van der Waals surface area contributed by atoms with Crippen molar-refractivity contribution in [2.75, 3.05) is 0 Å². The summed E-state index contributed by atoms with van der Waals surface area (Å²) in [4.78, 5) is 8.21. The number of ether oxygens (including phenoxy) is 1. The van der Waals surface area contributed by atoms with Gasteiger partial charge in [0.2, 0.25) is 0 Å². The zero-order valence-corrected chi connectivity index (χ0v) is 13.0. The van der Waals surface area contributed by atoms with Crippen molar-refractivity contribution < 1.29 is 18.6 Å². The molecule has 0 amide bonds. The predicted octanol–water partition coefficient (Wildman–Crippen LogP) is 2.90. The zero-order chi connectivity index (χ0) is 17.4. The SMILES string of the molecule is O[C@H]1CC=C[C@H]1Cc1n[nH]c2nc(Oc3ccc(F)cc3F)ncc12. The number of rotatable bonds is 4. The summed E-state index contributed by atoms with van der Waals surface area (Å²) < 4.78 is 31.8. The van der Waals surface area contributed by atoms with Crippen molar-refractivity contribution in [3.63, 3.8) is 0 Å². The number of benzene rings is 1. The molecule has 0 bridgehead atoms. The largest absolute Gasteiger partial charge is 0.421 e. The van der Waals surface area contributed by atoms with Gasteiger partial charge < -0.3 is 9.84 Å². The molecule has 6 nitrogen and oxygen atoms in total. The van der Waals surface area contributed by atoms with Gasteiger partial charge in [-0.2, -0.15) is 10.1 Å². The molecule has 2 N–H and O–H groups in total. The summed E-state index contributed by atoms with van der Waals surface area (Å²) in [5.74, 6) is -1.69. The lowest BCUT2D eigenvalue weighted by Crippen LogP contribution is -2.16. The maximum atomic E-state index is 13.6. The monoisotopic (exact) mass is 344 g/mol. The maximum Gasteiger partial charge on any atom is 0.324 e. The first-order valence-corrected chi connectivity index (χ1v) is 7.78. The molecule has 0 spiro atoms. The molecule has 8 heteroatoms. The van der Waals surface area contributed by atoms with Crippen LogP contribution in [0.25, 0.3) is 11.0 Å². The number of fused-ring (bicyclic) bond motifs is 1. The number of aliphatic hydroxyl groups is 1. The second-order valence-electron chi connectivity index (χ2n) is 5.86. The van der Waals surface area contributed by atoms with Crippen LogP contribution in [-0.4, -0.2) is 31.4 Å². The molecule has 128 valence electrons. The molecule has 2 atom stereocenters. The molecule has 0 saturated carbocycles. The summed E-state index contributed by atoms with van der Waals surface area (Å²) >= 11 is 0. The Balaban J connectivity index is 1.58. The minimum absolute atomic E-state index is 0.00994. The van der Waals surface area contributed by atoms with Crippen molar-refractivity contribution in [3.8, 4) is 11.8 Å². The molecule has 0 radical (unpaired) electrons. The highest BCUT2D eigenvalue weighted by atomic mass is 19.1. The molecule has 2 heterocycles. The first-order chi connectivity index (χ1) is 12.1. The molecule has 4 rings (SSSR count). The highest BCUT2D eigenvalue weighted by molar-refractivity contribution is 5.77. The van der Waals surface area contributed by atoms with Crippen LogP contribution in [0, 0.1) is 17.6 Å². The van der Waals surface area contributed by atoms with Crippen molar-refractivity contribution in [2.24, 2.45) is 5.92 Å². The van der Waals surface area contributed by atoms with E-state index in [0.717, 1.165) is 17.8 Å². The molecular weight excluding hydrogens is 330 g/mol. The van der Waals surface area contributed by atoms with Crippen molar-refractivity contribution in [2.45, 2.75) is 18.9 Å². The third kappa shape index (κ3) is 3.08. The highest BCUT2D eigenvalue weighted by Crippen LogP contribution is 2.27. The Kier molecular flexibility index (Phi) is 3.89. The third-order valence-corrected chi connectivity index (χ3v) is 4.15. The highest BCUT2D eigenvalue weighted by Gasteiger charge is 2.23. The predicted molar refractivity (Wildman–Crippen MR) is 85.1 cm³/mol. The minimum Gasteiger partial charge on any atom is -0.421 e. The molecule has 1 aliphatic rings. The van der Waals surface area contributed by atoms with Gasteiger partial charge in [-0.15, -0.1) is 0 Å². The Bertz CT molecular complexity index is 957. The van der Waals surface area contributed by atoms with E-state index in [-0.39, 0.29) is 17.7 Å². The molecular formula is C17H14F2N4O2. The van der Waals surface area contributed by atoms with Crippen molar-refractivity contribution >= 4 is 11.0 Å². The van der Waals surface area contributed by atoms with Crippen molar-refractivity contribution in [1.29, 1.82) is 0 Å². The van der Waals surface area contributed by atoms with Crippen LogP contribution in [-0.2, 0) is 6.42 Å². The van der Waals surface area contributed by atoms with Crippen LogP contribution in [0.1, 0.15) is 12.1 Å². The maximum absolute atomic E-state index is 13.6. The van der Waals surface area contributed by atoms with Gasteiger partial charge in [0, 0.05) is 24.6 Å². The number of nitrogens with zero attached hydrogens (tertiary/aromatic N) is 3. The van der Waals surface area contributed by atoms with E-state index in [0.29, 0.717) is 23.9 Å². The normalized spacial score (nSPS) is 19.6. The van der Waals surface area contributed by atoms with E-state index in [1.165, 1.54) is 12.3 Å². The van der Waals surface area contributed by atoms with Crippen LogP contribution >= 0.6 is 0 Å². The summed E-state index contributed by atoms with van der Waals surface area (Å²) in [6.07, 6.45) is 6.25. The van der Waals surface area contributed by atoms with Gasteiger partial charge in [0.25, 0.3) is 0 Å². The molecule has 1 aromatic carbocycles. The third-order valence-electron chi connectivity index (χ3n) is 4.15. The fraction of sp³-hybridized carbons (Fsp3) is 0.235. The van der Waals surface area contributed by atoms with E-state index in [1.54, 1.807) is 0 Å². The lowest BCUT2D eigenvalue weighted by atomic mass is 9.99. The Morgan fingerprint density at radius 3 is 2.96 bits per heavy atom. The van der Waals surface area contributed by atoms with Gasteiger partial charge in [-0.1, -0.05) is 12.2 Å². The number of hydrogen-bond donors (Lipinski definition) is 2. The number of aliphatic hydroxyl groups excluding tert-OH is 1. The van der Waals surface area contributed by atoms with Gasteiger partial charge in [-0.05, 0) is 18.6 Å². The molecule has 1 aliphatic carbocycles. The fourth-order valence-corrected chi connectivity index (χ4v) is 2.83. The Morgan fingerprint density at radius 2 is 2.20 bits per heavy atom. The molecule has 0 saturated heterocycles. The van der Waals surface area contributed by atoms with Gasteiger partial charge in [0.05, 0.1) is 17.2 Å². The Labute approximate surface area is 141 Å². The standard InChI is InChI=1S/C17H14F2N4O2/c18-10-4-5-15(12(19)7-10)25-17-20-8-11-13(22-23-16(11)21-17)6-9-2-1-3-14(9)24/h1-2,4-5,7-9,14,24H,3,6H2,(H,20,21,22,23)/t9-,14-/m0/s1. The lowest BCUT2D eigenvalue weighted by Gasteiger charge is -2.11. The average molecular weight is 344 g/mol. The number of aromatic nitrogens is 4.